The molecule has 9 heavy (non-hydrogen) atoms. The van der Waals surface area contributed by atoms with Gasteiger partial charge in [0.25, 0.3) is 0 Å². The first kappa shape index (κ1) is 12.4. The molecule has 0 aromatic carbocycles. The fourth-order valence-corrected chi connectivity index (χ4v) is 0.935. The Hall–Kier alpha value is 0.683. The fraction of sp³-hybridized carbons (Fsp3) is 0.333. The summed E-state index contributed by atoms with van der Waals surface area (Å²) >= 11 is 2.64. The number of hydrogen-bond donors (Lipinski definition) is 0. The first-order valence-corrected chi connectivity index (χ1v) is 3.18. The Labute approximate surface area is 78.3 Å². The van der Waals surface area contributed by atoms with Gasteiger partial charge in [0.15, 0.2) is 0 Å². The molecule has 0 heterocycles. The Morgan fingerprint density at radius 2 is 2.00 bits per heavy atom. The summed E-state index contributed by atoms with van der Waals surface area (Å²) in [5.74, 6) is 0. The van der Waals surface area contributed by atoms with Crippen LogP contribution in [0.25, 0.3) is 0 Å². The van der Waals surface area contributed by atoms with Crippen molar-refractivity contribution in [3.8, 4) is 0 Å². The van der Waals surface area contributed by atoms with Gasteiger partial charge in [0.1, 0.15) is 0 Å². The molecule has 0 spiro atoms. The molecule has 0 aromatic rings. The predicted octanol–water partition coefficient (Wildman–Crippen LogP) is -4.22. The van der Waals surface area contributed by atoms with E-state index in [4.69, 9.17) is 0 Å². The van der Waals surface area contributed by atoms with Gasteiger partial charge in [-0.15, -0.1) is 0 Å². The molecule has 1 aliphatic rings. The first-order chi connectivity index (χ1) is 3.30. The van der Waals surface area contributed by atoms with Crippen LogP contribution in [0.5, 0.6) is 0 Å². The van der Waals surface area contributed by atoms with Crippen molar-refractivity contribution in [1.29, 1.82) is 0 Å². The topological polar surface area (TPSA) is 0 Å². The average molecular weight is 251 g/mol. The van der Waals surface area contributed by atoms with E-state index in [1.54, 1.807) is 0 Å². The molecule has 1 aliphatic carbocycles. The van der Waals surface area contributed by atoms with E-state index in [1.165, 1.54) is 9.74 Å². The SMILES string of the molecule is CC1=[C]([Ru+2])CC=C1.[Cl-].[Cl-]. The van der Waals surface area contributed by atoms with Crippen LogP contribution in [-0.4, -0.2) is 0 Å². The van der Waals surface area contributed by atoms with Crippen molar-refractivity contribution in [3.63, 3.8) is 0 Å². The third-order valence-electron chi connectivity index (χ3n) is 1.08. The number of halogens is 2. The predicted molar refractivity (Wildman–Crippen MR) is 26.5 cm³/mol. The smallest absolute Gasteiger partial charge is 1.00 e. The van der Waals surface area contributed by atoms with E-state index in [2.05, 4.69) is 37.4 Å². The van der Waals surface area contributed by atoms with Crippen molar-refractivity contribution >= 4 is 0 Å². The van der Waals surface area contributed by atoms with Crippen LogP contribution in [0.4, 0.5) is 0 Å². The first-order valence-electron chi connectivity index (χ1n) is 2.31. The molecule has 0 amide bonds. The Morgan fingerprint density at radius 1 is 1.44 bits per heavy atom. The summed E-state index contributed by atoms with van der Waals surface area (Å²) in [6, 6.07) is 0. The second-order valence-electron chi connectivity index (χ2n) is 1.68. The van der Waals surface area contributed by atoms with Crippen molar-refractivity contribution in [1.82, 2.24) is 0 Å². The maximum Gasteiger partial charge on any atom is -1.00 e. The summed E-state index contributed by atoms with van der Waals surface area (Å²) in [4.78, 5) is 0. The Kier molecular flexibility index (Phi) is 7.51. The zero-order valence-corrected chi connectivity index (χ0v) is 8.22. The van der Waals surface area contributed by atoms with E-state index in [1.807, 2.05) is 0 Å². The second kappa shape index (κ2) is 5.47. The van der Waals surface area contributed by atoms with Crippen molar-refractivity contribution in [2.24, 2.45) is 0 Å². The van der Waals surface area contributed by atoms with E-state index in [-0.39, 0.29) is 24.8 Å². The quantitative estimate of drug-likeness (QED) is 0.383. The van der Waals surface area contributed by atoms with Gasteiger partial charge in [-0.05, 0) is 0 Å². The van der Waals surface area contributed by atoms with Crippen LogP contribution in [0.15, 0.2) is 21.9 Å². The average Bonchev–Trinajstić information content (AvgIpc) is 1.91. The van der Waals surface area contributed by atoms with Crippen LogP contribution in [0, 0.1) is 0 Å². The third kappa shape index (κ3) is 3.40. The third-order valence-corrected chi connectivity index (χ3v) is 2.12. The molecule has 0 aliphatic heterocycles. The molecule has 0 saturated heterocycles. The van der Waals surface area contributed by atoms with Gasteiger partial charge < -0.3 is 24.8 Å². The van der Waals surface area contributed by atoms with Gasteiger partial charge in [0.05, 0.1) is 0 Å². The molecule has 53 valence electrons. The molecule has 0 unspecified atom stereocenters. The van der Waals surface area contributed by atoms with Crippen LogP contribution < -0.4 is 24.8 Å². The van der Waals surface area contributed by atoms with E-state index >= 15 is 0 Å². The maximum atomic E-state index is 2.64. The summed E-state index contributed by atoms with van der Waals surface area (Å²) in [5.41, 5.74) is 1.41. The Morgan fingerprint density at radius 3 is 2.11 bits per heavy atom. The minimum Gasteiger partial charge on any atom is -1.00 e. The fourth-order valence-electron chi connectivity index (χ4n) is 0.586. The van der Waals surface area contributed by atoms with E-state index < -0.39 is 0 Å². The molecule has 0 bridgehead atoms. The molecular formula is C6H7Cl2Ru. The van der Waals surface area contributed by atoms with Gasteiger partial charge >= 0.3 is 53.5 Å². The van der Waals surface area contributed by atoms with E-state index in [0.29, 0.717) is 0 Å². The summed E-state index contributed by atoms with van der Waals surface area (Å²) in [6.07, 6.45) is 5.48. The molecule has 0 aromatic heterocycles. The molecule has 0 nitrogen and oxygen atoms in total. The minimum absolute atomic E-state index is 0. The largest absolute Gasteiger partial charge is 1.00 e. The number of allylic oxidation sites excluding steroid dienone is 4. The molecule has 3 heteroatoms. The molecule has 0 radical (unpaired) electrons. The standard InChI is InChI=1S/C6H7.2ClH.Ru/c1-6-4-2-3-5-6;;;/h2,4H,3H2,1H3;2*1H;/q;;;+2/p-2. The summed E-state index contributed by atoms with van der Waals surface area (Å²) < 4.78 is 1.44. The Bertz CT molecular complexity index is 138. The van der Waals surface area contributed by atoms with Crippen molar-refractivity contribution in [3.05, 3.63) is 21.9 Å². The van der Waals surface area contributed by atoms with Gasteiger partial charge in [-0.3, -0.25) is 0 Å². The van der Waals surface area contributed by atoms with E-state index in [0.717, 1.165) is 6.42 Å². The van der Waals surface area contributed by atoms with Gasteiger partial charge in [0.2, 0.25) is 0 Å². The van der Waals surface area contributed by atoms with Crippen LogP contribution in [-0.2, 0) is 18.3 Å². The normalized spacial score (nSPS) is 14.8. The van der Waals surface area contributed by atoms with Gasteiger partial charge in [-0.1, -0.05) is 0 Å². The van der Waals surface area contributed by atoms with Crippen LogP contribution in [0.1, 0.15) is 13.3 Å². The van der Waals surface area contributed by atoms with Crippen molar-refractivity contribution < 1.29 is 43.1 Å². The molecule has 1 rings (SSSR count). The zero-order chi connectivity index (χ0) is 5.28. The van der Waals surface area contributed by atoms with Gasteiger partial charge in [-0.2, -0.15) is 0 Å². The molecule has 0 fully saturated rings. The van der Waals surface area contributed by atoms with Gasteiger partial charge in [0, 0.05) is 0 Å². The molecule has 0 atom stereocenters. The Balaban J connectivity index is 0. The zero-order valence-electron chi connectivity index (χ0n) is 4.97. The number of hydrogen-bond acceptors (Lipinski definition) is 0. The number of rotatable bonds is 0. The summed E-state index contributed by atoms with van der Waals surface area (Å²) in [6.45, 7) is 2.13. The monoisotopic (exact) mass is 251 g/mol. The second-order valence-corrected chi connectivity index (χ2v) is 2.73. The van der Waals surface area contributed by atoms with Crippen molar-refractivity contribution in [2.45, 2.75) is 13.3 Å². The van der Waals surface area contributed by atoms with Crippen LogP contribution in [0.2, 0.25) is 0 Å². The molecule has 0 N–H and O–H groups in total. The molecular weight excluding hydrogens is 244 g/mol. The maximum absolute atomic E-state index is 2.64. The van der Waals surface area contributed by atoms with Crippen LogP contribution >= 0.6 is 0 Å². The summed E-state index contributed by atoms with van der Waals surface area (Å²) in [7, 11) is 0. The van der Waals surface area contributed by atoms with Crippen LogP contribution in [0.3, 0.4) is 0 Å². The summed E-state index contributed by atoms with van der Waals surface area (Å²) in [5, 5.41) is 0. The van der Waals surface area contributed by atoms with E-state index in [9.17, 15) is 0 Å². The molecule has 0 saturated carbocycles. The minimum atomic E-state index is 0. The van der Waals surface area contributed by atoms with Crippen molar-refractivity contribution in [2.75, 3.05) is 0 Å². The van der Waals surface area contributed by atoms with Gasteiger partial charge in [-0.25, -0.2) is 0 Å².